The molecule has 0 saturated heterocycles. The number of para-hydroxylation sites is 1. The molecule has 0 aromatic heterocycles. The Morgan fingerprint density at radius 3 is 2.79 bits per heavy atom. The number of hydrogen-bond donors (Lipinski definition) is 1. The van der Waals surface area contributed by atoms with Crippen LogP contribution < -0.4 is 10.1 Å². The summed E-state index contributed by atoms with van der Waals surface area (Å²) in [6.07, 6.45) is 0. The van der Waals surface area contributed by atoms with Crippen molar-refractivity contribution in [2.24, 2.45) is 0 Å². The molecule has 0 bridgehead atoms. The fraction of sp³-hybridized carbons (Fsp3) is 0.235. The summed E-state index contributed by atoms with van der Waals surface area (Å²) in [6, 6.07) is 11.3. The Labute approximate surface area is 139 Å². The molecular formula is C17H17N3O4. The van der Waals surface area contributed by atoms with Gasteiger partial charge in [-0.15, -0.1) is 0 Å². The van der Waals surface area contributed by atoms with Crippen molar-refractivity contribution in [1.29, 1.82) is 0 Å². The highest BCUT2D eigenvalue weighted by Crippen LogP contribution is 2.35. The molecule has 7 heteroatoms. The number of benzene rings is 2. The molecule has 24 heavy (non-hydrogen) atoms. The molecule has 1 aliphatic heterocycles. The molecule has 1 amide bonds. The number of rotatable bonds is 2. The van der Waals surface area contributed by atoms with E-state index in [1.54, 1.807) is 35.2 Å². The van der Waals surface area contributed by atoms with Crippen LogP contribution in [-0.4, -0.2) is 35.4 Å². The molecule has 7 nitrogen and oxygen atoms in total. The number of fused-ring (bicyclic) bond motifs is 2. The zero-order valence-corrected chi connectivity index (χ0v) is 13.2. The maximum Gasteiger partial charge on any atom is 0.273 e. The molecule has 2 aromatic rings. The number of anilines is 1. The van der Waals surface area contributed by atoms with Crippen LogP contribution in [0.5, 0.6) is 11.5 Å². The Kier molecular flexibility index (Phi) is 4.33. The third kappa shape index (κ3) is 3.01. The minimum atomic E-state index is -0.474. The standard InChI is InChI=1S/C17H17N3O4/c1-2-19-10-9-18-14-8-7-12(20(22)23)11-16(14)24-15-6-4-3-5-13(15)17(19)21/h3-8,11,18H,2,9-10H2,1H3. The average molecular weight is 327 g/mol. The minimum Gasteiger partial charge on any atom is -0.454 e. The van der Waals surface area contributed by atoms with Crippen molar-refractivity contribution in [1.82, 2.24) is 4.90 Å². The Balaban J connectivity index is 2.09. The van der Waals surface area contributed by atoms with Crippen LogP contribution in [0.1, 0.15) is 17.3 Å². The van der Waals surface area contributed by atoms with Gasteiger partial charge in [-0.2, -0.15) is 0 Å². The number of carbonyl (C=O) groups excluding carboxylic acids is 1. The van der Waals surface area contributed by atoms with Gasteiger partial charge < -0.3 is 15.0 Å². The van der Waals surface area contributed by atoms with E-state index in [0.29, 0.717) is 42.4 Å². The number of nitrogens with one attached hydrogen (secondary N) is 1. The Morgan fingerprint density at radius 1 is 1.25 bits per heavy atom. The van der Waals surface area contributed by atoms with Crippen molar-refractivity contribution >= 4 is 17.3 Å². The molecule has 0 spiro atoms. The van der Waals surface area contributed by atoms with Gasteiger partial charge in [0.15, 0.2) is 5.75 Å². The van der Waals surface area contributed by atoms with Gasteiger partial charge in [-0.05, 0) is 25.1 Å². The van der Waals surface area contributed by atoms with Crippen LogP contribution in [0.15, 0.2) is 42.5 Å². The number of likely N-dealkylation sites (N-methyl/N-ethyl adjacent to an activating group) is 1. The van der Waals surface area contributed by atoms with Gasteiger partial charge in [0.1, 0.15) is 5.75 Å². The number of carbonyl (C=O) groups is 1. The lowest BCUT2D eigenvalue weighted by atomic mass is 10.1. The number of nitro benzene ring substituents is 1. The third-order valence-electron chi connectivity index (χ3n) is 3.88. The molecule has 3 rings (SSSR count). The quantitative estimate of drug-likeness (QED) is 0.676. The van der Waals surface area contributed by atoms with Crippen molar-refractivity contribution < 1.29 is 14.5 Å². The molecule has 0 atom stereocenters. The van der Waals surface area contributed by atoms with Gasteiger partial charge in [0.05, 0.1) is 22.2 Å². The molecule has 1 aliphatic rings. The number of amides is 1. The molecule has 0 aliphatic carbocycles. The number of hydrogen-bond acceptors (Lipinski definition) is 5. The van der Waals surface area contributed by atoms with E-state index in [1.807, 2.05) is 6.92 Å². The van der Waals surface area contributed by atoms with Crippen LogP contribution in [-0.2, 0) is 0 Å². The molecule has 0 saturated carbocycles. The van der Waals surface area contributed by atoms with Crippen LogP contribution in [0, 0.1) is 10.1 Å². The molecular weight excluding hydrogens is 310 g/mol. The molecule has 0 fully saturated rings. The lowest BCUT2D eigenvalue weighted by Crippen LogP contribution is -2.35. The maximum absolute atomic E-state index is 12.7. The molecule has 0 unspecified atom stereocenters. The van der Waals surface area contributed by atoms with Crippen LogP contribution in [0.4, 0.5) is 11.4 Å². The van der Waals surface area contributed by atoms with Crippen LogP contribution in [0.2, 0.25) is 0 Å². The number of nitro groups is 1. The summed E-state index contributed by atoms with van der Waals surface area (Å²) in [6.45, 7) is 3.56. The largest absolute Gasteiger partial charge is 0.454 e. The van der Waals surface area contributed by atoms with Crippen molar-refractivity contribution in [3.63, 3.8) is 0 Å². The van der Waals surface area contributed by atoms with E-state index in [9.17, 15) is 14.9 Å². The summed E-state index contributed by atoms with van der Waals surface area (Å²) in [7, 11) is 0. The SMILES string of the molecule is CCN1CCNc2ccc([N+](=O)[O-])cc2Oc2ccccc2C1=O. The first-order chi connectivity index (χ1) is 11.6. The predicted octanol–water partition coefficient (Wildman–Crippen LogP) is 3.27. The second-order valence-electron chi connectivity index (χ2n) is 5.35. The molecule has 1 heterocycles. The Morgan fingerprint density at radius 2 is 2.04 bits per heavy atom. The normalized spacial score (nSPS) is 14.0. The van der Waals surface area contributed by atoms with E-state index < -0.39 is 4.92 Å². The van der Waals surface area contributed by atoms with E-state index >= 15 is 0 Å². The lowest BCUT2D eigenvalue weighted by Gasteiger charge is -2.25. The van der Waals surface area contributed by atoms with Gasteiger partial charge in [-0.25, -0.2) is 0 Å². The fourth-order valence-corrected chi connectivity index (χ4v) is 2.60. The van der Waals surface area contributed by atoms with E-state index in [-0.39, 0.29) is 11.6 Å². The van der Waals surface area contributed by atoms with Gasteiger partial charge in [0.2, 0.25) is 0 Å². The van der Waals surface area contributed by atoms with Crippen LogP contribution in [0.3, 0.4) is 0 Å². The third-order valence-corrected chi connectivity index (χ3v) is 3.88. The molecule has 124 valence electrons. The zero-order valence-electron chi connectivity index (χ0n) is 13.2. The second-order valence-corrected chi connectivity index (χ2v) is 5.35. The van der Waals surface area contributed by atoms with Crippen molar-refractivity contribution in [3.05, 3.63) is 58.1 Å². The zero-order chi connectivity index (χ0) is 17.1. The van der Waals surface area contributed by atoms with E-state index in [1.165, 1.54) is 12.1 Å². The first-order valence-electron chi connectivity index (χ1n) is 7.68. The Bertz CT molecular complexity index is 791. The Hall–Kier alpha value is -3.09. The average Bonchev–Trinajstić information content (AvgIpc) is 2.59. The van der Waals surface area contributed by atoms with Gasteiger partial charge >= 0.3 is 0 Å². The topological polar surface area (TPSA) is 84.7 Å². The van der Waals surface area contributed by atoms with E-state index in [4.69, 9.17) is 4.74 Å². The smallest absolute Gasteiger partial charge is 0.273 e. The van der Waals surface area contributed by atoms with E-state index in [0.717, 1.165) is 0 Å². The van der Waals surface area contributed by atoms with Crippen molar-refractivity contribution in [2.75, 3.05) is 25.0 Å². The summed E-state index contributed by atoms with van der Waals surface area (Å²) in [5.41, 5.74) is 1.03. The highest BCUT2D eigenvalue weighted by atomic mass is 16.6. The first kappa shape index (κ1) is 15.8. The number of non-ortho nitro benzene ring substituents is 1. The first-order valence-corrected chi connectivity index (χ1v) is 7.68. The maximum atomic E-state index is 12.7. The van der Waals surface area contributed by atoms with Gasteiger partial charge in [-0.1, -0.05) is 12.1 Å². The van der Waals surface area contributed by atoms with Gasteiger partial charge in [-0.3, -0.25) is 14.9 Å². The highest BCUT2D eigenvalue weighted by molar-refractivity contribution is 5.97. The number of nitrogens with zero attached hydrogens (tertiary/aromatic N) is 2. The van der Waals surface area contributed by atoms with E-state index in [2.05, 4.69) is 5.32 Å². The van der Waals surface area contributed by atoms with Crippen molar-refractivity contribution in [2.45, 2.75) is 6.92 Å². The summed E-state index contributed by atoms with van der Waals surface area (Å²) >= 11 is 0. The van der Waals surface area contributed by atoms with Crippen LogP contribution in [0.25, 0.3) is 0 Å². The minimum absolute atomic E-state index is 0.0633. The lowest BCUT2D eigenvalue weighted by molar-refractivity contribution is -0.384. The summed E-state index contributed by atoms with van der Waals surface area (Å²) in [5, 5.41) is 14.2. The fourth-order valence-electron chi connectivity index (χ4n) is 2.60. The summed E-state index contributed by atoms with van der Waals surface area (Å²) < 4.78 is 5.86. The number of ether oxygens (including phenoxy) is 1. The van der Waals surface area contributed by atoms with Gasteiger partial charge in [0.25, 0.3) is 11.6 Å². The predicted molar refractivity (Wildman–Crippen MR) is 89.7 cm³/mol. The summed E-state index contributed by atoms with van der Waals surface area (Å²) in [5.74, 6) is 0.588. The highest BCUT2D eigenvalue weighted by Gasteiger charge is 2.22. The summed E-state index contributed by atoms with van der Waals surface area (Å²) in [4.78, 5) is 24.9. The monoisotopic (exact) mass is 327 g/mol. The van der Waals surface area contributed by atoms with Gasteiger partial charge in [0, 0.05) is 25.7 Å². The second kappa shape index (κ2) is 6.57. The van der Waals surface area contributed by atoms with Crippen molar-refractivity contribution in [3.8, 4) is 11.5 Å². The molecule has 2 aromatic carbocycles. The molecule has 0 radical (unpaired) electrons. The molecule has 1 N–H and O–H groups in total. The van der Waals surface area contributed by atoms with Crippen LogP contribution >= 0.6 is 0 Å².